The molecule has 7 heteroatoms. The van der Waals surface area contributed by atoms with Crippen LogP contribution in [0, 0.1) is 0 Å². The van der Waals surface area contributed by atoms with Crippen LogP contribution >= 0.6 is 12.2 Å². The predicted molar refractivity (Wildman–Crippen MR) is 81.7 cm³/mol. The number of nitrogens with two attached hydrogens (primary N) is 1. The Kier molecular flexibility index (Phi) is 5.98. The Morgan fingerprint density at radius 3 is 2.43 bits per heavy atom. The number of anilines is 1. The van der Waals surface area contributed by atoms with E-state index in [1.807, 2.05) is 18.7 Å². The van der Waals surface area contributed by atoms with Crippen LogP contribution in [0.25, 0.3) is 0 Å². The molecule has 0 unspecified atom stereocenters. The monoisotopic (exact) mass is 320 g/mol. The van der Waals surface area contributed by atoms with Crippen LogP contribution in [0.1, 0.15) is 25.0 Å². The fraction of sp³-hybridized carbons (Fsp3) is 0.500. The van der Waals surface area contributed by atoms with Gasteiger partial charge in [0.1, 0.15) is 4.99 Å². The van der Waals surface area contributed by atoms with Gasteiger partial charge in [-0.2, -0.15) is 13.2 Å². The molecule has 0 spiro atoms. The molecule has 0 saturated carbocycles. The Balaban J connectivity index is 3.26. The van der Waals surface area contributed by atoms with E-state index in [0.717, 1.165) is 6.07 Å². The highest BCUT2D eigenvalue weighted by Gasteiger charge is 2.34. The van der Waals surface area contributed by atoms with E-state index in [1.165, 1.54) is 12.1 Å². The topological polar surface area (TPSA) is 38.5 Å². The van der Waals surface area contributed by atoms with Crippen molar-refractivity contribution in [3.05, 3.63) is 29.3 Å². The van der Waals surface area contributed by atoms with Crippen molar-refractivity contribution in [2.75, 3.05) is 25.2 Å². The highest BCUT2D eigenvalue weighted by molar-refractivity contribution is 7.80. The first-order chi connectivity index (χ1) is 9.68. The molecule has 0 aromatic heterocycles. The van der Waals surface area contributed by atoms with Crippen LogP contribution in [0.5, 0.6) is 0 Å². The first-order valence-corrected chi connectivity index (χ1v) is 6.86. The third kappa shape index (κ3) is 4.57. The molecule has 0 saturated heterocycles. The summed E-state index contributed by atoms with van der Waals surface area (Å²) in [6.07, 6.45) is -4.48. The lowest BCUT2D eigenvalue weighted by Crippen LogP contribution is -2.34. The first-order valence-electron chi connectivity index (χ1n) is 6.45. The first kappa shape index (κ1) is 17.7. The van der Waals surface area contributed by atoms with Crippen molar-refractivity contribution in [3.8, 4) is 0 Å². The molecule has 0 fully saturated rings. The van der Waals surface area contributed by atoms with Gasteiger partial charge in [0.15, 0.2) is 0 Å². The Morgan fingerprint density at radius 2 is 2.00 bits per heavy atom. The zero-order valence-corrected chi connectivity index (χ0v) is 13.0. The van der Waals surface area contributed by atoms with Gasteiger partial charge in [-0.05, 0) is 32.0 Å². The van der Waals surface area contributed by atoms with Gasteiger partial charge < -0.3 is 15.4 Å². The number of alkyl halides is 3. The van der Waals surface area contributed by atoms with E-state index < -0.39 is 11.7 Å². The highest BCUT2D eigenvalue weighted by atomic mass is 32.1. The number of rotatable bonds is 6. The van der Waals surface area contributed by atoms with Crippen LogP contribution in [0.2, 0.25) is 0 Å². The average molecular weight is 320 g/mol. The molecular weight excluding hydrogens is 301 g/mol. The van der Waals surface area contributed by atoms with E-state index >= 15 is 0 Å². The van der Waals surface area contributed by atoms with Crippen molar-refractivity contribution in [2.45, 2.75) is 26.1 Å². The molecule has 0 aliphatic carbocycles. The van der Waals surface area contributed by atoms with E-state index in [1.54, 1.807) is 7.11 Å². The quantitative estimate of drug-likeness (QED) is 0.817. The van der Waals surface area contributed by atoms with Crippen LogP contribution in [-0.4, -0.2) is 31.3 Å². The summed E-state index contributed by atoms with van der Waals surface area (Å²) >= 11 is 4.75. The van der Waals surface area contributed by atoms with Gasteiger partial charge in [0, 0.05) is 30.9 Å². The highest BCUT2D eigenvalue weighted by Crippen LogP contribution is 2.34. The zero-order valence-electron chi connectivity index (χ0n) is 12.2. The number of benzene rings is 1. The minimum Gasteiger partial charge on any atom is -0.389 e. The molecule has 0 heterocycles. The summed E-state index contributed by atoms with van der Waals surface area (Å²) in [5.41, 5.74) is 5.12. The van der Waals surface area contributed by atoms with Crippen LogP contribution < -0.4 is 10.6 Å². The van der Waals surface area contributed by atoms with Crippen molar-refractivity contribution in [1.82, 2.24) is 0 Å². The third-order valence-corrected chi connectivity index (χ3v) is 3.29. The fourth-order valence-electron chi connectivity index (χ4n) is 2.04. The summed E-state index contributed by atoms with van der Waals surface area (Å²) in [6, 6.07) is 3.95. The summed E-state index contributed by atoms with van der Waals surface area (Å²) in [5.74, 6) is 0. The summed E-state index contributed by atoms with van der Waals surface area (Å²) in [4.78, 5) is 1.67. The predicted octanol–water partition coefficient (Wildman–Crippen LogP) is 3.20. The molecule has 1 aromatic carbocycles. The maximum atomic E-state index is 13.0. The molecule has 118 valence electrons. The Bertz CT molecular complexity index is 503. The second kappa shape index (κ2) is 7.09. The van der Waals surface area contributed by atoms with Crippen molar-refractivity contribution in [1.29, 1.82) is 0 Å². The smallest absolute Gasteiger partial charge is 0.389 e. The molecule has 0 amide bonds. The van der Waals surface area contributed by atoms with Gasteiger partial charge in [-0.15, -0.1) is 0 Å². The van der Waals surface area contributed by atoms with E-state index in [-0.39, 0.29) is 16.6 Å². The average Bonchev–Trinajstić information content (AvgIpc) is 2.37. The SMILES string of the molecule is COCCN(c1ccc(C(F)(F)F)c(C(N)=S)c1)C(C)C. The molecule has 3 nitrogen and oxygen atoms in total. The fourth-order valence-corrected chi connectivity index (χ4v) is 2.21. The molecule has 2 N–H and O–H groups in total. The van der Waals surface area contributed by atoms with Crippen molar-refractivity contribution in [2.24, 2.45) is 5.73 Å². The number of ether oxygens (including phenoxy) is 1. The summed E-state index contributed by atoms with van der Waals surface area (Å²) < 4.78 is 43.9. The second-order valence-corrected chi connectivity index (χ2v) is 5.31. The van der Waals surface area contributed by atoms with Crippen molar-refractivity contribution < 1.29 is 17.9 Å². The summed E-state index contributed by atoms with van der Waals surface area (Å²) in [7, 11) is 1.58. The molecule has 0 aliphatic heterocycles. The van der Waals surface area contributed by atoms with Gasteiger partial charge in [0.2, 0.25) is 0 Å². The Labute approximate surface area is 127 Å². The lowest BCUT2D eigenvalue weighted by atomic mass is 10.0. The summed E-state index contributed by atoms with van der Waals surface area (Å²) in [6.45, 7) is 4.94. The van der Waals surface area contributed by atoms with E-state index in [2.05, 4.69) is 0 Å². The lowest BCUT2D eigenvalue weighted by molar-refractivity contribution is -0.137. The third-order valence-electron chi connectivity index (χ3n) is 3.07. The number of hydrogen-bond donors (Lipinski definition) is 1. The van der Waals surface area contributed by atoms with Gasteiger partial charge in [-0.1, -0.05) is 12.2 Å². The van der Waals surface area contributed by atoms with Gasteiger partial charge in [-0.3, -0.25) is 0 Å². The van der Waals surface area contributed by atoms with Gasteiger partial charge in [-0.25, -0.2) is 0 Å². The number of halogens is 3. The van der Waals surface area contributed by atoms with Crippen LogP contribution in [0.15, 0.2) is 18.2 Å². The molecule has 0 aliphatic rings. The molecular formula is C14H19F3N2OS. The van der Waals surface area contributed by atoms with Gasteiger partial charge in [0.05, 0.1) is 12.2 Å². The zero-order chi connectivity index (χ0) is 16.2. The van der Waals surface area contributed by atoms with Crippen molar-refractivity contribution >= 4 is 22.9 Å². The molecule has 21 heavy (non-hydrogen) atoms. The Morgan fingerprint density at radius 1 is 1.38 bits per heavy atom. The molecule has 0 bridgehead atoms. The van der Waals surface area contributed by atoms with Crippen LogP contribution in [0.4, 0.5) is 18.9 Å². The normalized spacial score (nSPS) is 11.8. The number of nitrogens with zero attached hydrogens (tertiary/aromatic N) is 1. The molecule has 1 aromatic rings. The number of thiocarbonyl (C=S) groups is 1. The van der Waals surface area contributed by atoms with Gasteiger partial charge >= 0.3 is 6.18 Å². The summed E-state index contributed by atoms with van der Waals surface area (Å²) in [5, 5.41) is 0. The lowest BCUT2D eigenvalue weighted by Gasteiger charge is -2.29. The Hall–Kier alpha value is -1.34. The standard InChI is InChI=1S/C14H19F3N2OS/c1-9(2)19(6-7-20-3)10-4-5-12(14(15,16)17)11(8-10)13(18)21/h4-5,8-9H,6-7H2,1-3H3,(H2,18,21). The number of methoxy groups -OCH3 is 1. The minimum absolute atomic E-state index is 0.107. The second-order valence-electron chi connectivity index (χ2n) is 4.87. The molecule has 1 rings (SSSR count). The minimum atomic E-state index is -4.48. The van der Waals surface area contributed by atoms with Crippen molar-refractivity contribution in [3.63, 3.8) is 0 Å². The van der Waals surface area contributed by atoms with Gasteiger partial charge in [0.25, 0.3) is 0 Å². The largest absolute Gasteiger partial charge is 0.417 e. The maximum absolute atomic E-state index is 13.0. The van der Waals surface area contributed by atoms with Crippen LogP contribution in [0.3, 0.4) is 0 Å². The number of hydrogen-bond acceptors (Lipinski definition) is 3. The molecule has 0 radical (unpaired) electrons. The van der Waals surface area contributed by atoms with Crippen LogP contribution in [-0.2, 0) is 10.9 Å². The molecule has 0 atom stereocenters. The van der Waals surface area contributed by atoms with E-state index in [9.17, 15) is 13.2 Å². The van der Waals surface area contributed by atoms with E-state index in [0.29, 0.717) is 18.8 Å². The maximum Gasteiger partial charge on any atom is 0.417 e. The van der Waals surface area contributed by atoms with E-state index in [4.69, 9.17) is 22.7 Å².